The van der Waals surface area contributed by atoms with Crippen LogP contribution in [0.4, 0.5) is 5.69 Å². The van der Waals surface area contributed by atoms with E-state index in [1.165, 1.54) is 12.1 Å². The predicted molar refractivity (Wildman–Crippen MR) is 102 cm³/mol. The van der Waals surface area contributed by atoms with Crippen LogP contribution in [0.3, 0.4) is 0 Å². The summed E-state index contributed by atoms with van der Waals surface area (Å²) in [6, 6.07) is 24.5. The molecule has 3 aromatic carbocycles. The van der Waals surface area contributed by atoms with Crippen molar-refractivity contribution in [1.29, 1.82) is 0 Å². The Hall–Kier alpha value is -3.45. The number of hydrogen-bond donors (Lipinski definition) is 1. The fourth-order valence-corrected chi connectivity index (χ4v) is 3.67. The summed E-state index contributed by atoms with van der Waals surface area (Å²) in [6.07, 6.45) is 0. The van der Waals surface area contributed by atoms with Crippen LogP contribution in [0.5, 0.6) is 0 Å². The Bertz CT molecular complexity index is 1160. The van der Waals surface area contributed by atoms with Gasteiger partial charge in [0.05, 0.1) is 4.90 Å². The van der Waals surface area contributed by atoms with Crippen LogP contribution >= 0.6 is 0 Å². The minimum atomic E-state index is -3.73. The molecule has 6 nitrogen and oxygen atoms in total. The van der Waals surface area contributed by atoms with Crippen molar-refractivity contribution in [3.8, 4) is 22.8 Å². The molecule has 4 rings (SSSR count). The molecule has 134 valence electrons. The average Bonchev–Trinajstić information content (AvgIpc) is 3.20. The molecule has 0 fully saturated rings. The molecule has 1 heterocycles. The van der Waals surface area contributed by atoms with Crippen LogP contribution in [-0.4, -0.2) is 18.6 Å². The topological polar surface area (TPSA) is 85.1 Å². The van der Waals surface area contributed by atoms with Crippen molar-refractivity contribution in [2.75, 3.05) is 4.72 Å². The number of rotatable bonds is 5. The van der Waals surface area contributed by atoms with Gasteiger partial charge in [-0.15, -0.1) is 0 Å². The second kappa shape index (κ2) is 7.05. The molecule has 0 amide bonds. The predicted octanol–water partition coefficient (Wildman–Crippen LogP) is 4.20. The standard InChI is InChI=1S/C20H15N3O3S/c24-27(25,23-17-11-5-2-6-12-17)18-13-7-10-16(14-18)20-21-19(22-26-20)15-8-3-1-4-9-15/h1-14,23H. The smallest absolute Gasteiger partial charge is 0.261 e. The van der Waals surface area contributed by atoms with Crippen LogP contribution in [0.15, 0.2) is 94.3 Å². The van der Waals surface area contributed by atoms with Gasteiger partial charge in [-0.2, -0.15) is 4.98 Å². The maximum absolute atomic E-state index is 12.6. The number of nitrogens with one attached hydrogen (secondary N) is 1. The van der Waals surface area contributed by atoms with Crippen molar-refractivity contribution in [2.45, 2.75) is 4.90 Å². The third kappa shape index (κ3) is 3.73. The van der Waals surface area contributed by atoms with E-state index >= 15 is 0 Å². The van der Waals surface area contributed by atoms with E-state index in [4.69, 9.17) is 4.52 Å². The number of sulfonamides is 1. The molecule has 0 saturated heterocycles. The summed E-state index contributed by atoms with van der Waals surface area (Å²) in [7, 11) is -3.73. The number of benzene rings is 3. The molecular weight excluding hydrogens is 362 g/mol. The van der Waals surface area contributed by atoms with Crippen molar-refractivity contribution in [1.82, 2.24) is 10.1 Å². The lowest BCUT2D eigenvalue weighted by Crippen LogP contribution is -2.12. The van der Waals surface area contributed by atoms with Gasteiger partial charge in [-0.3, -0.25) is 4.72 Å². The fourth-order valence-electron chi connectivity index (χ4n) is 2.56. The lowest BCUT2D eigenvalue weighted by molar-refractivity contribution is 0.432. The summed E-state index contributed by atoms with van der Waals surface area (Å²) in [6.45, 7) is 0. The minimum Gasteiger partial charge on any atom is -0.334 e. The van der Waals surface area contributed by atoms with Gasteiger partial charge in [0.15, 0.2) is 0 Å². The van der Waals surface area contributed by atoms with Gasteiger partial charge in [0.1, 0.15) is 0 Å². The van der Waals surface area contributed by atoms with E-state index in [-0.39, 0.29) is 10.8 Å². The summed E-state index contributed by atoms with van der Waals surface area (Å²) in [5.74, 6) is 0.701. The van der Waals surface area contributed by atoms with E-state index in [0.717, 1.165) is 5.56 Å². The SMILES string of the molecule is O=S(=O)(Nc1ccccc1)c1cccc(-c2nc(-c3ccccc3)no2)c1. The van der Waals surface area contributed by atoms with Crippen LogP contribution in [0.25, 0.3) is 22.8 Å². The first kappa shape index (κ1) is 17.0. The zero-order valence-corrected chi connectivity index (χ0v) is 14.9. The molecule has 1 N–H and O–H groups in total. The van der Waals surface area contributed by atoms with Crippen molar-refractivity contribution in [3.05, 3.63) is 84.9 Å². The quantitative estimate of drug-likeness (QED) is 0.563. The summed E-state index contributed by atoms with van der Waals surface area (Å²) in [5.41, 5.74) is 1.84. The second-order valence-electron chi connectivity index (χ2n) is 5.79. The van der Waals surface area contributed by atoms with Crippen LogP contribution in [0.1, 0.15) is 0 Å². The molecule has 1 aromatic heterocycles. The van der Waals surface area contributed by atoms with Crippen molar-refractivity contribution < 1.29 is 12.9 Å². The Labute approximate surface area is 156 Å². The van der Waals surface area contributed by atoms with Crippen molar-refractivity contribution in [2.24, 2.45) is 0 Å². The minimum absolute atomic E-state index is 0.114. The molecule has 0 spiro atoms. The Morgan fingerprint density at radius 3 is 2.19 bits per heavy atom. The Morgan fingerprint density at radius 2 is 1.44 bits per heavy atom. The average molecular weight is 377 g/mol. The molecule has 0 radical (unpaired) electrons. The van der Waals surface area contributed by atoms with Crippen LogP contribution < -0.4 is 4.72 Å². The number of para-hydroxylation sites is 1. The molecule has 27 heavy (non-hydrogen) atoms. The summed E-state index contributed by atoms with van der Waals surface area (Å²) < 4.78 is 33.1. The molecule has 4 aromatic rings. The highest BCUT2D eigenvalue weighted by atomic mass is 32.2. The largest absolute Gasteiger partial charge is 0.334 e. The van der Waals surface area contributed by atoms with E-state index in [1.54, 1.807) is 36.4 Å². The number of nitrogens with zero attached hydrogens (tertiary/aromatic N) is 2. The van der Waals surface area contributed by atoms with E-state index < -0.39 is 10.0 Å². The summed E-state index contributed by atoms with van der Waals surface area (Å²) in [5, 5.41) is 3.97. The van der Waals surface area contributed by atoms with E-state index in [0.29, 0.717) is 17.1 Å². The van der Waals surface area contributed by atoms with Crippen LogP contribution in [0.2, 0.25) is 0 Å². The first-order valence-electron chi connectivity index (χ1n) is 8.19. The highest BCUT2D eigenvalue weighted by Gasteiger charge is 2.17. The van der Waals surface area contributed by atoms with Crippen LogP contribution in [-0.2, 0) is 10.0 Å². The molecular formula is C20H15N3O3S. The molecule has 0 atom stereocenters. The first-order valence-corrected chi connectivity index (χ1v) is 9.67. The Kier molecular flexibility index (Phi) is 4.43. The maximum atomic E-state index is 12.6. The highest BCUT2D eigenvalue weighted by Crippen LogP contribution is 2.25. The van der Waals surface area contributed by atoms with E-state index in [1.807, 2.05) is 36.4 Å². The third-order valence-electron chi connectivity index (χ3n) is 3.88. The fraction of sp³-hybridized carbons (Fsp3) is 0. The normalized spacial score (nSPS) is 11.3. The van der Waals surface area contributed by atoms with Gasteiger partial charge in [0, 0.05) is 16.8 Å². The summed E-state index contributed by atoms with van der Waals surface area (Å²) in [4.78, 5) is 4.48. The molecule has 7 heteroatoms. The Morgan fingerprint density at radius 1 is 0.778 bits per heavy atom. The number of anilines is 1. The maximum Gasteiger partial charge on any atom is 0.261 e. The van der Waals surface area contributed by atoms with Gasteiger partial charge in [0.2, 0.25) is 5.82 Å². The lowest BCUT2D eigenvalue weighted by Gasteiger charge is -2.08. The van der Waals surface area contributed by atoms with E-state index in [2.05, 4.69) is 14.9 Å². The molecule has 0 aliphatic rings. The molecule has 0 unspecified atom stereocenters. The molecule has 0 bridgehead atoms. The second-order valence-corrected chi connectivity index (χ2v) is 7.47. The number of hydrogen-bond acceptors (Lipinski definition) is 5. The van der Waals surface area contributed by atoms with E-state index in [9.17, 15) is 8.42 Å². The Balaban J connectivity index is 1.64. The zero-order valence-electron chi connectivity index (χ0n) is 14.1. The van der Waals surface area contributed by atoms with Gasteiger partial charge >= 0.3 is 0 Å². The first-order chi connectivity index (χ1) is 13.1. The monoisotopic (exact) mass is 377 g/mol. The highest BCUT2D eigenvalue weighted by molar-refractivity contribution is 7.92. The van der Waals surface area contributed by atoms with Crippen LogP contribution in [0, 0.1) is 0 Å². The lowest BCUT2D eigenvalue weighted by atomic mass is 10.2. The molecule has 0 aliphatic heterocycles. The van der Waals surface area contributed by atoms with Gasteiger partial charge < -0.3 is 4.52 Å². The number of aromatic nitrogens is 2. The molecule has 0 saturated carbocycles. The van der Waals surface area contributed by atoms with Gasteiger partial charge in [-0.1, -0.05) is 59.8 Å². The molecule has 0 aliphatic carbocycles. The zero-order chi connectivity index (χ0) is 18.7. The van der Waals surface area contributed by atoms with Gasteiger partial charge in [-0.05, 0) is 30.3 Å². The summed E-state index contributed by atoms with van der Waals surface area (Å²) >= 11 is 0. The third-order valence-corrected chi connectivity index (χ3v) is 5.25. The van der Waals surface area contributed by atoms with Crippen molar-refractivity contribution >= 4 is 15.7 Å². The van der Waals surface area contributed by atoms with Gasteiger partial charge in [0.25, 0.3) is 15.9 Å². The van der Waals surface area contributed by atoms with Gasteiger partial charge in [-0.25, -0.2) is 8.42 Å². The van der Waals surface area contributed by atoms with Crippen molar-refractivity contribution in [3.63, 3.8) is 0 Å².